The fourth-order valence-corrected chi connectivity index (χ4v) is 1.76. The van der Waals surface area contributed by atoms with Gasteiger partial charge < -0.3 is 0 Å². The van der Waals surface area contributed by atoms with Crippen molar-refractivity contribution < 1.29 is 0 Å². The lowest BCUT2D eigenvalue weighted by Crippen LogP contribution is -1.94. The maximum Gasteiger partial charge on any atom is 0.0890 e. The zero-order chi connectivity index (χ0) is 12.1. The Hall–Kier alpha value is -1.96. The fourth-order valence-electron chi connectivity index (χ4n) is 1.76. The van der Waals surface area contributed by atoms with E-state index in [1.54, 1.807) is 0 Å². The Morgan fingerprint density at radius 2 is 1.94 bits per heavy atom. The maximum absolute atomic E-state index is 4.61. The molecule has 1 aromatic carbocycles. The highest BCUT2D eigenvalue weighted by Gasteiger charge is 2.00. The third-order valence-electron chi connectivity index (χ3n) is 2.64. The summed E-state index contributed by atoms with van der Waals surface area (Å²) in [5, 5.41) is 0. The Labute approximate surface area is 102 Å². The third-order valence-corrected chi connectivity index (χ3v) is 2.64. The van der Waals surface area contributed by atoms with Gasteiger partial charge in [0.15, 0.2) is 0 Å². The lowest BCUT2D eigenvalue weighted by molar-refractivity contribution is 1.06. The standard InChI is InChI=1S/C15H16N2/c1-3-7-12(4-2)10-13-11-16-14-8-5-6-9-15(14)17-13/h3-9,11H,10H2,1-2H3/b7-3-,12-4+. The number of nitrogens with zero attached hydrogens (tertiary/aromatic N) is 2. The van der Waals surface area contributed by atoms with E-state index in [9.17, 15) is 0 Å². The first-order valence-corrected chi connectivity index (χ1v) is 5.82. The summed E-state index contributed by atoms with van der Waals surface area (Å²) in [7, 11) is 0. The van der Waals surface area contributed by atoms with Crippen LogP contribution < -0.4 is 0 Å². The number of para-hydroxylation sites is 2. The van der Waals surface area contributed by atoms with E-state index in [0.29, 0.717) is 0 Å². The summed E-state index contributed by atoms with van der Waals surface area (Å²) in [5.41, 5.74) is 4.18. The van der Waals surface area contributed by atoms with E-state index < -0.39 is 0 Å². The van der Waals surface area contributed by atoms with Crippen LogP contribution in [0.25, 0.3) is 11.0 Å². The zero-order valence-corrected chi connectivity index (χ0v) is 10.2. The number of fused-ring (bicyclic) bond motifs is 1. The van der Waals surface area contributed by atoms with Crippen molar-refractivity contribution in [2.75, 3.05) is 0 Å². The van der Waals surface area contributed by atoms with Gasteiger partial charge in [0.25, 0.3) is 0 Å². The van der Waals surface area contributed by atoms with Gasteiger partial charge in [-0.15, -0.1) is 0 Å². The van der Waals surface area contributed by atoms with Crippen LogP contribution in [0.4, 0.5) is 0 Å². The minimum Gasteiger partial charge on any atom is -0.253 e. The molecule has 86 valence electrons. The average molecular weight is 224 g/mol. The van der Waals surface area contributed by atoms with Crippen LogP contribution in [0.5, 0.6) is 0 Å². The predicted octanol–water partition coefficient (Wildman–Crippen LogP) is 3.69. The van der Waals surface area contributed by atoms with Gasteiger partial charge in [-0.05, 0) is 31.6 Å². The number of allylic oxidation sites excluding steroid dienone is 4. The van der Waals surface area contributed by atoms with Gasteiger partial charge in [-0.2, -0.15) is 0 Å². The number of hydrogen-bond donors (Lipinski definition) is 0. The second-order valence-corrected chi connectivity index (χ2v) is 3.89. The van der Waals surface area contributed by atoms with Crippen LogP contribution in [0.3, 0.4) is 0 Å². The second-order valence-electron chi connectivity index (χ2n) is 3.89. The normalized spacial score (nSPS) is 12.5. The van der Waals surface area contributed by atoms with Gasteiger partial charge in [0, 0.05) is 12.6 Å². The van der Waals surface area contributed by atoms with E-state index >= 15 is 0 Å². The van der Waals surface area contributed by atoms with E-state index in [-0.39, 0.29) is 0 Å². The third kappa shape index (κ3) is 2.78. The van der Waals surface area contributed by atoms with Crippen LogP contribution in [-0.4, -0.2) is 9.97 Å². The van der Waals surface area contributed by atoms with Crippen LogP contribution in [0.15, 0.2) is 54.3 Å². The summed E-state index contributed by atoms with van der Waals surface area (Å²) in [5.74, 6) is 0. The van der Waals surface area contributed by atoms with Crippen LogP contribution in [0.2, 0.25) is 0 Å². The molecule has 2 nitrogen and oxygen atoms in total. The summed E-state index contributed by atoms with van der Waals surface area (Å²) < 4.78 is 0. The average Bonchev–Trinajstić information content (AvgIpc) is 2.38. The lowest BCUT2D eigenvalue weighted by atomic mass is 10.1. The number of rotatable bonds is 3. The highest BCUT2D eigenvalue weighted by atomic mass is 14.8. The Bertz CT molecular complexity index is 568. The van der Waals surface area contributed by atoms with Crippen molar-refractivity contribution in [3.05, 3.63) is 60.0 Å². The minimum absolute atomic E-state index is 0.832. The van der Waals surface area contributed by atoms with Crippen molar-refractivity contribution in [1.82, 2.24) is 9.97 Å². The van der Waals surface area contributed by atoms with Crippen molar-refractivity contribution in [2.24, 2.45) is 0 Å². The van der Waals surface area contributed by atoms with Crippen molar-refractivity contribution in [2.45, 2.75) is 20.3 Å². The van der Waals surface area contributed by atoms with Gasteiger partial charge in [0.05, 0.1) is 16.7 Å². The van der Waals surface area contributed by atoms with Crippen LogP contribution in [0.1, 0.15) is 19.5 Å². The molecule has 0 saturated carbocycles. The first-order chi connectivity index (χ1) is 8.33. The molecule has 0 unspecified atom stereocenters. The molecular weight excluding hydrogens is 208 g/mol. The largest absolute Gasteiger partial charge is 0.253 e. The molecule has 1 heterocycles. The predicted molar refractivity (Wildman–Crippen MR) is 71.8 cm³/mol. The molecule has 2 heteroatoms. The molecule has 2 rings (SSSR count). The van der Waals surface area contributed by atoms with E-state index in [2.05, 4.69) is 22.1 Å². The summed E-state index contributed by atoms with van der Waals surface area (Å²) in [6, 6.07) is 7.95. The Kier molecular flexibility index (Phi) is 3.66. The van der Waals surface area contributed by atoms with Crippen LogP contribution in [0, 0.1) is 0 Å². The lowest BCUT2D eigenvalue weighted by Gasteiger charge is -2.03. The van der Waals surface area contributed by atoms with Gasteiger partial charge >= 0.3 is 0 Å². The molecule has 0 bridgehead atoms. The topological polar surface area (TPSA) is 25.8 Å². The smallest absolute Gasteiger partial charge is 0.0890 e. The SMILES string of the molecule is C/C=C\C(=C/C)Cc1cnc2ccccc2n1. The Balaban J connectivity index is 2.30. The fraction of sp³-hybridized carbons (Fsp3) is 0.200. The number of aromatic nitrogens is 2. The monoisotopic (exact) mass is 224 g/mol. The molecule has 0 spiro atoms. The molecule has 0 amide bonds. The van der Waals surface area contributed by atoms with Crippen LogP contribution >= 0.6 is 0 Å². The molecule has 0 saturated heterocycles. The van der Waals surface area contributed by atoms with Gasteiger partial charge in [-0.1, -0.05) is 30.4 Å². The van der Waals surface area contributed by atoms with Gasteiger partial charge in [0.1, 0.15) is 0 Å². The van der Waals surface area contributed by atoms with Crippen molar-refractivity contribution >= 4 is 11.0 Å². The molecule has 0 fully saturated rings. The number of benzene rings is 1. The van der Waals surface area contributed by atoms with Gasteiger partial charge in [-0.3, -0.25) is 4.98 Å². The quantitative estimate of drug-likeness (QED) is 0.743. The highest BCUT2D eigenvalue weighted by molar-refractivity contribution is 5.73. The van der Waals surface area contributed by atoms with Crippen molar-refractivity contribution in [1.29, 1.82) is 0 Å². The van der Waals surface area contributed by atoms with E-state index in [4.69, 9.17) is 0 Å². The summed E-state index contributed by atoms with van der Waals surface area (Å²) >= 11 is 0. The molecule has 0 radical (unpaired) electrons. The first-order valence-electron chi connectivity index (χ1n) is 5.82. The molecule has 0 atom stereocenters. The molecule has 0 aliphatic carbocycles. The van der Waals surface area contributed by atoms with Crippen molar-refractivity contribution in [3.63, 3.8) is 0 Å². The molecule has 0 aliphatic heterocycles. The van der Waals surface area contributed by atoms with E-state index in [1.165, 1.54) is 5.57 Å². The summed E-state index contributed by atoms with van der Waals surface area (Å²) in [6.45, 7) is 4.07. The summed E-state index contributed by atoms with van der Waals surface area (Å²) in [6.07, 6.45) is 8.95. The maximum atomic E-state index is 4.61. The highest BCUT2D eigenvalue weighted by Crippen LogP contribution is 2.12. The molecule has 0 N–H and O–H groups in total. The minimum atomic E-state index is 0.832. The van der Waals surface area contributed by atoms with Gasteiger partial charge in [-0.25, -0.2) is 4.98 Å². The zero-order valence-electron chi connectivity index (χ0n) is 10.2. The first kappa shape index (κ1) is 11.5. The van der Waals surface area contributed by atoms with Crippen molar-refractivity contribution in [3.8, 4) is 0 Å². The Morgan fingerprint density at radius 3 is 2.65 bits per heavy atom. The molecule has 2 aromatic rings. The van der Waals surface area contributed by atoms with Crippen LogP contribution in [-0.2, 0) is 6.42 Å². The summed E-state index contributed by atoms with van der Waals surface area (Å²) in [4.78, 5) is 9.02. The second kappa shape index (κ2) is 5.39. The molecule has 0 aliphatic rings. The van der Waals surface area contributed by atoms with Gasteiger partial charge in [0.2, 0.25) is 0 Å². The van der Waals surface area contributed by atoms with E-state index in [0.717, 1.165) is 23.1 Å². The Morgan fingerprint density at radius 1 is 1.18 bits per heavy atom. The molecular formula is C15H16N2. The molecule has 17 heavy (non-hydrogen) atoms. The molecule has 1 aromatic heterocycles. The number of hydrogen-bond acceptors (Lipinski definition) is 2. The van der Waals surface area contributed by atoms with E-state index in [1.807, 2.05) is 50.4 Å².